The number of alkyl halides is 15. The molecular weight excluding hydrogens is 537 g/mol. The zero-order chi connectivity index (χ0) is 27.3. The quantitative estimate of drug-likeness (QED) is 0.182. The highest BCUT2D eigenvalue weighted by Crippen LogP contribution is 2.62. The highest BCUT2D eigenvalue weighted by molar-refractivity contribution is 7.90. The van der Waals surface area contributed by atoms with Crippen LogP contribution in [-0.2, 0) is 10.0 Å². The van der Waals surface area contributed by atoms with Crippen LogP contribution in [0.15, 0.2) is 0 Å². The number of sulfonamides is 1. The number of nitrogens with one attached hydrogen (secondary N) is 1. The molecule has 200 valence electrons. The first-order valence-corrected chi connectivity index (χ1v) is 9.31. The number of nitrogens with zero attached hydrogens (tertiary/aromatic N) is 1. The molecule has 0 saturated heterocycles. The van der Waals surface area contributed by atoms with E-state index in [1.807, 2.05) is 0 Å². The summed E-state index contributed by atoms with van der Waals surface area (Å²) in [4.78, 5) is 0. The zero-order valence-corrected chi connectivity index (χ0v) is 16.7. The molecule has 21 heteroatoms. The van der Waals surface area contributed by atoms with Crippen molar-refractivity contribution in [2.24, 2.45) is 0 Å². The van der Waals surface area contributed by atoms with Gasteiger partial charge in [-0.1, -0.05) is 0 Å². The molecule has 0 unspecified atom stereocenters. The Hall–Kier alpha value is -1.22. The van der Waals surface area contributed by atoms with Crippen LogP contribution in [-0.4, -0.2) is 81.3 Å². The summed E-state index contributed by atoms with van der Waals surface area (Å²) >= 11 is 0. The van der Waals surface area contributed by atoms with Crippen molar-refractivity contribution < 1.29 is 78.9 Å². The molecule has 0 aromatic rings. The van der Waals surface area contributed by atoms with E-state index in [-0.39, 0.29) is 0 Å². The third-order valence-electron chi connectivity index (χ3n) is 3.80. The first-order chi connectivity index (χ1) is 14.0. The van der Waals surface area contributed by atoms with Gasteiger partial charge in [0.15, 0.2) is 0 Å². The molecule has 5 nitrogen and oxygen atoms in total. The van der Waals surface area contributed by atoms with Crippen molar-refractivity contribution in [3.8, 4) is 0 Å². The van der Waals surface area contributed by atoms with Crippen molar-refractivity contribution in [2.75, 3.05) is 27.2 Å². The molecule has 0 fully saturated rings. The molecule has 0 aliphatic heterocycles. The Kier molecular flexibility index (Phi) is 8.15. The Labute approximate surface area is 174 Å². The van der Waals surface area contributed by atoms with E-state index in [1.54, 1.807) is 0 Å². The van der Waals surface area contributed by atoms with Gasteiger partial charge in [0.05, 0.1) is 20.6 Å². The fraction of sp³-hybridized carbons (Fsp3) is 1.00. The SMILES string of the molecule is C[N+](C)([O-])CCCNS(=O)(=O)C(F)(F)C(F)(F)C(F)(F)C(F)(F)C(F)(F)C(F)(F)C(F)(F)F. The summed E-state index contributed by atoms with van der Waals surface area (Å²) in [5.41, 5.74) is 0. The van der Waals surface area contributed by atoms with Crippen molar-refractivity contribution in [1.82, 2.24) is 4.72 Å². The van der Waals surface area contributed by atoms with E-state index in [0.717, 1.165) is 14.1 Å². The van der Waals surface area contributed by atoms with Crippen LogP contribution in [0.5, 0.6) is 0 Å². The van der Waals surface area contributed by atoms with Crippen molar-refractivity contribution in [3.63, 3.8) is 0 Å². The fourth-order valence-corrected chi connectivity index (χ4v) is 2.94. The summed E-state index contributed by atoms with van der Waals surface area (Å²) in [5, 5.41) is 3.71. The Morgan fingerprint density at radius 2 is 1.00 bits per heavy atom. The van der Waals surface area contributed by atoms with Gasteiger partial charge in [0.1, 0.15) is 0 Å². The maximum Gasteiger partial charge on any atom is 0.460 e. The Morgan fingerprint density at radius 1 is 0.667 bits per heavy atom. The van der Waals surface area contributed by atoms with Gasteiger partial charge in [-0.05, 0) is 0 Å². The Balaban J connectivity index is 6.32. The molecule has 0 aromatic carbocycles. The molecule has 0 amide bonds. The minimum atomic E-state index is -8.58. The fourth-order valence-electron chi connectivity index (χ4n) is 1.88. The van der Waals surface area contributed by atoms with Gasteiger partial charge >= 0.3 is 41.0 Å². The summed E-state index contributed by atoms with van der Waals surface area (Å²) in [6.45, 7) is -2.00. The van der Waals surface area contributed by atoms with Gasteiger partial charge in [-0.15, -0.1) is 0 Å². The highest BCUT2D eigenvalue weighted by Gasteiger charge is 2.94. The largest absolute Gasteiger partial charge is 0.633 e. The lowest BCUT2D eigenvalue weighted by Crippen LogP contribution is -2.73. The average molecular weight is 550 g/mol. The minimum absolute atomic E-state index is 0.494. The molecule has 1 N–H and O–H groups in total. The average Bonchev–Trinajstić information content (AvgIpc) is 2.55. The molecule has 0 heterocycles. The third kappa shape index (κ3) is 5.09. The second-order valence-corrected chi connectivity index (χ2v) is 8.74. The maximum absolute atomic E-state index is 13.7. The summed E-state index contributed by atoms with van der Waals surface area (Å²) in [6.07, 6.45) is -8.50. The van der Waals surface area contributed by atoms with Gasteiger partial charge in [-0.25, -0.2) is 13.1 Å². The molecule has 0 atom stereocenters. The third-order valence-corrected chi connectivity index (χ3v) is 5.32. The van der Waals surface area contributed by atoms with Gasteiger partial charge in [0.25, 0.3) is 10.0 Å². The van der Waals surface area contributed by atoms with Crippen LogP contribution in [0.4, 0.5) is 65.9 Å². The van der Waals surface area contributed by atoms with Gasteiger partial charge < -0.3 is 9.85 Å². The standard InChI is InChI=1S/C12H13F15N2O3S/c1-29(2,30)5-3-4-28-33(31,32)12(26,27)10(21,22)8(17,18)6(13,14)7(15,16)9(19,20)11(23,24)25/h28H,3-5H2,1-2H3. The van der Waals surface area contributed by atoms with Crippen LogP contribution in [0, 0.1) is 5.21 Å². The van der Waals surface area contributed by atoms with Crippen molar-refractivity contribution in [1.29, 1.82) is 0 Å². The topological polar surface area (TPSA) is 69.2 Å². The smallest absolute Gasteiger partial charge is 0.460 e. The van der Waals surface area contributed by atoms with E-state index in [4.69, 9.17) is 0 Å². The molecule has 0 rings (SSSR count). The van der Waals surface area contributed by atoms with Crippen LogP contribution in [0.1, 0.15) is 6.42 Å². The number of hydrogen-bond acceptors (Lipinski definition) is 3. The predicted molar refractivity (Wildman–Crippen MR) is 77.6 cm³/mol. The lowest BCUT2D eigenvalue weighted by atomic mass is 9.94. The molecule has 0 saturated carbocycles. The van der Waals surface area contributed by atoms with Crippen LogP contribution < -0.4 is 4.72 Å². The van der Waals surface area contributed by atoms with E-state index in [0.29, 0.717) is 4.72 Å². The molecule has 0 aliphatic rings. The van der Waals surface area contributed by atoms with Crippen LogP contribution in [0.3, 0.4) is 0 Å². The predicted octanol–water partition coefficient (Wildman–Crippen LogP) is 4.20. The molecule has 0 spiro atoms. The summed E-state index contributed by atoms with van der Waals surface area (Å²) < 4.78 is 217. The van der Waals surface area contributed by atoms with E-state index in [1.165, 1.54) is 0 Å². The lowest BCUT2D eigenvalue weighted by molar-refractivity contribution is -0.840. The van der Waals surface area contributed by atoms with Crippen LogP contribution in [0.25, 0.3) is 0 Å². The first kappa shape index (κ1) is 31.8. The number of quaternary nitrogens is 1. The molecule has 0 aliphatic carbocycles. The number of halogens is 15. The van der Waals surface area contributed by atoms with Crippen molar-refractivity contribution in [2.45, 2.75) is 47.5 Å². The van der Waals surface area contributed by atoms with Gasteiger partial charge in [0.2, 0.25) is 0 Å². The van der Waals surface area contributed by atoms with Crippen molar-refractivity contribution in [3.05, 3.63) is 5.21 Å². The second-order valence-electron chi connectivity index (χ2n) is 6.94. The monoisotopic (exact) mass is 550 g/mol. The maximum atomic E-state index is 13.7. The minimum Gasteiger partial charge on any atom is -0.633 e. The number of hydroxylamine groups is 3. The van der Waals surface area contributed by atoms with Gasteiger partial charge in [-0.2, -0.15) is 65.9 Å². The Morgan fingerprint density at radius 3 is 1.33 bits per heavy atom. The molecular formula is C12H13F15N2O3S. The summed E-state index contributed by atoms with van der Waals surface area (Å²) in [5.74, 6) is -41.9. The normalized spacial score (nSPS) is 16.3. The van der Waals surface area contributed by atoms with E-state index in [2.05, 4.69) is 0 Å². The van der Waals surface area contributed by atoms with Gasteiger partial charge in [0, 0.05) is 13.0 Å². The van der Waals surface area contributed by atoms with Crippen LogP contribution in [0.2, 0.25) is 0 Å². The number of hydrogen-bond donors (Lipinski definition) is 1. The first-order valence-electron chi connectivity index (χ1n) is 7.82. The van der Waals surface area contributed by atoms with E-state index >= 15 is 0 Å². The second kappa shape index (κ2) is 8.47. The van der Waals surface area contributed by atoms with E-state index < -0.39 is 75.2 Å². The molecule has 0 bridgehead atoms. The molecule has 0 aromatic heterocycles. The highest BCUT2D eigenvalue weighted by atomic mass is 32.2. The zero-order valence-electron chi connectivity index (χ0n) is 15.9. The molecule has 33 heavy (non-hydrogen) atoms. The van der Waals surface area contributed by atoms with Crippen LogP contribution >= 0.6 is 0 Å². The lowest BCUT2D eigenvalue weighted by Gasteiger charge is -2.41. The summed E-state index contributed by atoms with van der Waals surface area (Å²) in [6, 6.07) is 0. The Bertz CT molecular complexity index is 802. The summed E-state index contributed by atoms with van der Waals surface area (Å²) in [7, 11) is -5.37. The van der Waals surface area contributed by atoms with Gasteiger partial charge in [-0.3, -0.25) is 0 Å². The van der Waals surface area contributed by atoms with Crippen molar-refractivity contribution >= 4 is 10.0 Å². The molecule has 0 radical (unpaired) electrons. The van der Waals surface area contributed by atoms with E-state index in [9.17, 15) is 79.5 Å². The number of rotatable bonds is 11.